The van der Waals surface area contributed by atoms with E-state index in [1.165, 1.54) is 0 Å². The highest BCUT2D eigenvalue weighted by Gasteiger charge is 2.38. The third kappa shape index (κ3) is 3.14. The molecular formula is C10H13F2NO5. The lowest BCUT2D eigenvalue weighted by molar-refractivity contribution is -0.154. The fourth-order valence-corrected chi connectivity index (χ4v) is 1.91. The Balaban J connectivity index is 2.69. The van der Waals surface area contributed by atoms with Crippen LogP contribution in [0.3, 0.4) is 0 Å². The number of rotatable bonds is 5. The zero-order valence-corrected chi connectivity index (χ0v) is 9.38. The van der Waals surface area contributed by atoms with Gasteiger partial charge in [-0.2, -0.15) is 0 Å². The van der Waals surface area contributed by atoms with Crippen LogP contribution < -0.4 is 0 Å². The van der Waals surface area contributed by atoms with Crippen LogP contribution in [0.4, 0.5) is 8.78 Å². The normalized spacial score (nSPS) is 21.1. The van der Waals surface area contributed by atoms with Crippen LogP contribution in [0.15, 0.2) is 0 Å². The third-order valence-electron chi connectivity index (χ3n) is 2.87. The molecule has 1 amide bonds. The average Bonchev–Trinajstić information content (AvgIpc) is 2.73. The summed E-state index contributed by atoms with van der Waals surface area (Å²) in [6.45, 7) is 0.158. The molecule has 0 aliphatic carbocycles. The molecule has 0 saturated carbocycles. The molecule has 18 heavy (non-hydrogen) atoms. The number of nitrogens with zero attached hydrogens (tertiary/aromatic N) is 1. The van der Waals surface area contributed by atoms with E-state index in [1.54, 1.807) is 0 Å². The van der Waals surface area contributed by atoms with E-state index >= 15 is 0 Å². The Morgan fingerprint density at radius 1 is 1.28 bits per heavy atom. The molecule has 102 valence electrons. The molecule has 0 radical (unpaired) electrons. The second-order valence-corrected chi connectivity index (χ2v) is 4.07. The largest absolute Gasteiger partial charge is 0.481 e. The Hall–Kier alpha value is -1.73. The van der Waals surface area contributed by atoms with Crippen LogP contribution in [0.25, 0.3) is 0 Å². The van der Waals surface area contributed by atoms with Crippen molar-refractivity contribution < 1.29 is 33.4 Å². The maximum absolute atomic E-state index is 12.4. The number of hydrogen-bond donors (Lipinski definition) is 2. The summed E-state index contributed by atoms with van der Waals surface area (Å²) < 4.78 is 24.8. The predicted octanol–water partition coefficient (Wildman–Crippen LogP) is 0.418. The number of alkyl halides is 2. The Bertz CT molecular complexity index is 360. The van der Waals surface area contributed by atoms with Crippen LogP contribution in [0.1, 0.15) is 19.3 Å². The fraction of sp³-hybridized carbons (Fsp3) is 0.700. The number of carboxylic acid groups (broad SMARTS) is 2. The molecule has 1 heterocycles. The molecule has 1 aliphatic rings. The van der Waals surface area contributed by atoms with Gasteiger partial charge in [0.2, 0.25) is 5.91 Å². The summed E-state index contributed by atoms with van der Waals surface area (Å²) in [6.07, 6.45) is -3.31. The molecule has 0 bridgehead atoms. The summed E-state index contributed by atoms with van der Waals surface area (Å²) in [4.78, 5) is 34.0. The lowest BCUT2D eigenvalue weighted by Gasteiger charge is -2.22. The first-order chi connectivity index (χ1) is 8.34. The van der Waals surface area contributed by atoms with Crippen molar-refractivity contribution in [1.82, 2.24) is 4.90 Å². The van der Waals surface area contributed by atoms with Gasteiger partial charge in [-0.3, -0.25) is 9.59 Å². The lowest BCUT2D eigenvalue weighted by atomic mass is 10.1. The summed E-state index contributed by atoms with van der Waals surface area (Å²) in [5, 5.41) is 17.4. The molecule has 0 aromatic heterocycles. The number of halogens is 2. The van der Waals surface area contributed by atoms with E-state index in [0.29, 0.717) is 6.42 Å². The van der Waals surface area contributed by atoms with Crippen molar-refractivity contribution in [1.29, 1.82) is 0 Å². The second-order valence-electron chi connectivity index (χ2n) is 4.07. The standard InChI is InChI=1S/C10H13F2NO5/c11-8(12)5(9(15)16)4-7(14)13-3-1-2-6(13)10(17)18/h5-6,8H,1-4H2,(H,15,16)(H,17,18)/t5?,6-/m0/s1. The van der Waals surface area contributed by atoms with Crippen LogP contribution in [-0.4, -0.2) is 52.0 Å². The van der Waals surface area contributed by atoms with E-state index in [2.05, 4.69) is 0 Å². The van der Waals surface area contributed by atoms with Crippen molar-refractivity contribution in [3.05, 3.63) is 0 Å². The van der Waals surface area contributed by atoms with Gasteiger partial charge in [0, 0.05) is 13.0 Å². The van der Waals surface area contributed by atoms with E-state index in [1.807, 2.05) is 0 Å². The molecular weight excluding hydrogens is 252 g/mol. The van der Waals surface area contributed by atoms with Gasteiger partial charge in [0.25, 0.3) is 6.43 Å². The number of hydrogen-bond acceptors (Lipinski definition) is 3. The van der Waals surface area contributed by atoms with Crippen LogP contribution in [-0.2, 0) is 14.4 Å². The van der Waals surface area contributed by atoms with E-state index in [-0.39, 0.29) is 13.0 Å². The summed E-state index contributed by atoms with van der Waals surface area (Å²) >= 11 is 0. The number of aliphatic carboxylic acids is 2. The molecule has 1 rings (SSSR count). The van der Waals surface area contributed by atoms with E-state index < -0.39 is 42.7 Å². The van der Waals surface area contributed by atoms with Crippen molar-refractivity contribution in [2.45, 2.75) is 31.7 Å². The summed E-state index contributed by atoms with van der Waals surface area (Å²) in [5.41, 5.74) is 0. The molecule has 2 N–H and O–H groups in total. The molecule has 1 saturated heterocycles. The highest BCUT2D eigenvalue weighted by molar-refractivity contribution is 5.87. The first-order valence-electron chi connectivity index (χ1n) is 5.37. The molecule has 8 heteroatoms. The molecule has 6 nitrogen and oxygen atoms in total. The minimum atomic E-state index is -3.16. The van der Waals surface area contributed by atoms with Crippen molar-refractivity contribution in [2.24, 2.45) is 5.92 Å². The van der Waals surface area contributed by atoms with Gasteiger partial charge in [-0.15, -0.1) is 0 Å². The maximum Gasteiger partial charge on any atom is 0.326 e. The lowest BCUT2D eigenvalue weighted by Crippen LogP contribution is -2.42. The molecule has 1 aliphatic heterocycles. The van der Waals surface area contributed by atoms with Gasteiger partial charge in [0.05, 0.1) is 0 Å². The monoisotopic (exact) mass is 265 g/mol. The molecule has 2 atom stereocenters. The number of carboxylic acids is 2. The number of likely N-dealkylation sites (tertiary alicyclic amines) is 1. The SMILES string of the molecule is O=C(O)C(CC(=O)N1CCC[C@H]1C(=O)O)C(F)F. The minimum absolute atomic E-state index is 0.158. The smallest absolute Gasteiger partial charge is 0.326 e. The van der Waals surface area contributed by atoms with Crippen molar-refractivity contribution in [2.75, 3.05) is 6.54 Å². The number of amides is 1. The predicted molar refractivity (Wildman–Crippen MR) is 54.1 cm³/mol. The Labute approximate surface area is 101 Å². The van der Waals surface area contributed by atoms with Crippen molar-refractivity contribution >= 4 is 17.8 Å². The van der Waals surface area contributed by atoms with Gasteiger partial charge in [0.1, 0.15) is 12.0 Å². The highest BCUT2D eigenvalue weighted by Crippen LogP contribution is 2.22. The zero-order chi connectivity index (χ0) is 13.9. The Morgan fingerprint density at radius 3 is 2.33 bits per heavy atom. The van der Waals surface area contributed by atoms with E-state index in [0.717, 1.165) is 4.90 Å². The molecule has 0 aromatic carbocycles. The van der Waals surface area contributed by atoms with Gasteiger partial charge < -0.3 is 15.1 Å². The maximum atomic E-state index is 12.4. The number of carbonyl (C=O) groups excluding carboxylic acids is 1. The van der Waals surface area contributed by atoms with Gasteiger partial charge in [0.15, 0.2) is 0 Å². The second kappa shape index (κ2) is 5.74. The van der Waals surface area contributed by atoms with Gasteiger partial charge >= 0.3 is 11.9 Å². The van der Waals surface area contributed by atoms with Crippen LogP contribution in [0.2, 0.25) is 0 Å². The Kier molecular flexibility index (Phi) is 4.57. The summed E-state index contributed by atoms with van der Waals surface area (Å²) in [6, 6.07) is -1.04. The zero-order valence-electron chi connectivity index (χ0n) is 9.38. The first-order valence-corrected chi connectivity index (χ1v) is 5.37. The fourth-order valence-electron chi connectivity index (χ4n) is 1.91. The van der Waals surface area contributed by atoms with Crippen LogP contribution >= 0.6 is 0 Å². The minimum Gasteiger partial charge on any atom is -0.481 e. The first kappa shape index (κ1) is 14.3. The van der Waals surface area contributed by atoms with Gasteiger partial charge in [-0.05, 0) is 12.8 Å². The topological polar surface area (TPSA) is 94.9 Å². The molecule has 1 fully saturated rings. The molecule has 1 unspecified atom stereocenters. The van der Waals surface area contributed by atoms with Crippen LogP contribution in [0.5, 0.6) is 0 Å². The summed E-state index contributed by atoms with van der Waals surface area (Å²) in [5.74, 6) is -5.91. The van der Waals surface area contributed by atoms with Gasteiger partial charge in [-0.25, -0.2) is 13.6 Å². The van der Waals surface area contributed by atoms with Crippen molar-refractivity contribution in [3.63, 3.8) is 0 Å². The number of carbonyl (C=O) groups is 3. The van der Waals surface area contributed by atoms with Gasteiger partial charge in [-0.1, -0.05) is 0 Å². The van der Waals surface area contributed by atoms with Crippen LogP contribution in [0, 0.1) is 5.92 Å². The third-order valence-corrected chi connectivity index (χ3v) is 2.87. The quantitative estimate of drug-likeness (QED) is 0.751. The van der Waals surface area contributed by atoms with Crippen molar-refractivity contribution in [3.8, 4) is 0 Å². The summed E-state index contributed by atoms with van der Waals surface area (Å²) in [7, 11) is 0. The Morgan fingerprint density at radius 2 is 1.89 bits per heavy atom. The highest BCUT2D eigenvalue weighted by atomic mass is 19.3. The molecule has 0 spiro atoms. The van der Waals surface area contributed by atoms with E-state index in [9.17, 15) is 23.2 Å². The molecule has 0 aromatic rings. The average molecular weight is 265 g/mol. The van der Waals surface area contributed by atoms with E-state index in [4.69, 9.17) is 10.2 Å².